The summed E-state index contributed by atoms with van der Waals surface area (Å²) < 4.78 is 53.7. The highest BCUT2D eigenvalue weighted by Crippen LogP contribution is 2.24. The van der Waals surface area contributed by atoms with Crippen molar-refractivity contribution in [2.75, 3.05) is 23.2 Å². The number of carbonyl (C=O) groups is 1. The second-order valence-corrected chi connectivity index (χ2v) is 7.51. The number of anilines is 2. The zero-order valence-electron chi connectivity index (χ0n) is 14.7. The van der Waals surface area contributed by atoms with Crippen molar-refractivity contribution in [2.24, 2.45) is 0 Å². The molecule has 0 aliphatic carbocycles. The van der Waals surface area contributed by atoms with Gasteiger partial charge in [-0.3, -0.25) is 4.72 Å². The van der Waals surface area contributed by atoms with E-state index in [0.29, 0.717) is 18.7 Å². The van der Waals surface area contributed by atoms with Crippen molar-refractivity contribution in [3.63, 3.8) is 0 Å². The Labute approximate surface area is 155 Å². The Morgan fingerprint density at radius 1 is 1.30 bits per heavy atom. The van der Waals surface area contributed by atoms with Gasteiger partial charge in [-0.15, -0.1) is 0 Å². The van der Waals surface area contributed by atoms with Crippen LogP contribution in [0.2, 0.25) is 0 Å². The number of benzene rings is 1. The van der Waals surface area contributed by atoms with Gasteiger partial charge in [0.25, 0.3) is 10.0 Å². The van der Waals surface area contributed by atoms with Crippen LogP contribution in [-0.4, -0.2) is 38.1 Å². The zero-order chi connectivity index (χ0) is 20.2. The first-order valence-electron chi connectivity index (χ1n) is 8.08. The highest BCUT2D eigenvalue weighted by molar-refractivity contribution is 7.92. The maximum Gasteiger partial charge on any atom is 0.339 e. The van der Waals surface area contributed by atoms with Gasteiger partial charge in [-0.1, -0.05) is 13.3 Å². The Bertz CT molecular complexity index is 951. The number of aromatic carboxylic acids is 1. The summed E-state index contributed by atoms with van der Waals surface area (Å²) in [4.78, 5) is 16.3. The number of halogens is 2. The average molecular weight is 399 g/mol. The fourth-order valence-corrected chi connectivity index (χ4v) is 3.49. The van der Waals surface area contributed by atoms with Crippen molar-refractivity contribution in [1.82, 2.24) is 4.98 Å². The molecule has 0 unspecified atom stereocenters. The quantitative estimate of drug-likeness (QED) is 0.708. The van der Waals surface area contributed by atoms with Gasteiger partial charge in [0.2, 0.25) is 0 Å². The summed E-state index contributed by atoms with van der Waals surface area (Å²) in [7, 11) is -2.79. The van der Waals surface area contributed by atoms with E-state index < -0.39 is 32.5 Å². The van der Waals surface area contributed by atoms with Crippen LogP contribution in [0.5, 0.6) is 0 Å². The molecule has 2 rings (SSSR count). The first-order valence-corrected chi connectivity index (χ1v) is 9.56. The van der Waals surface area contributed by atoms with Crippen LogP contribution in [0.25, 0.3) is 0 Å². The smallest absolute Gasteiger partial charge is 0.339 e. The van der Waals surface area contributed by atoms with Gasteiger partial charge in [-0.2, -0.15) is 0 Å². The van der Waals surface area contributed by atoms with E-state index in [1.807, 2.05) is 11.6 Å². The topological polar surface area (TPSA) is 99.6 Å². The second-order valence-electron chi connectivity index (χ2n) is 5.86. The van der Waals surface area contributed by atoms with E-state index in [2.05, 4.69) is 4.98 Å². The molecule has 2 N–H and O–H groups in total. The minimum absolute atomic E-state index is 0.177. The van der Waals surface area contributed by atoms with E-state index in [9.17, 15) is 27.1 Å². The van der Waals surface area contributed by atoms with E-state index in [1.165, 1.54) is 0 Å². The maximum atomic E-state index is 13.8. The SMILES string of the molecule is CCCCN(C)c1ncc(NS(=O)(=O)c2cc(F)ccc2F)cc1C(=O)O. The predicted molar refractivity (Wildman–Crippen MR) is 96.5 cm³/mol. The number of hydrogen-bond acceptors (Lipinski definition) is 5. The molecule has 1 aromatic carbocycles. The van der Waals surface area contributed by atoms with Crippen molar-refractivity contribution in [1.29, 1.82) is 0 Å². The Morgan fingerprint density at radius 2 is 2.00 bits per heavy atom. The third-order valence-electron chi connectivity index (χ3n) is 3.74. The second kappa shape index (κ2) is 8.30. The minimum atomic E-state index is -4.47. The Balaban J connectivity index is 2.38. The molecular weight excluding hydrogens is 380 g/mol. The molecule has 27 heavy (non-hydrogen) atoms. The monoisotopic (exact) mass is 399 g/mol. The number of nitrogens with one attached hydrogen (secondary N) is 1. The number of carboxylic acids is 1. The van der Waals surface area contributed by atoms with E-state index in [4.69, 9.17) is 0 Å². The lowest BCUT2D eigenvalue weighted by Gasteiger charge is -2.20. The molecule has 0 aliphatic rings. The Morgan fingerprint density at radius 3 is 2.63 bits per heavy atom. The highest BCUT2D eigenvalue weighted by Gasteiger charge is 2.22. The molecule has 2 aromatic rings. The summed E-state index contributed by atoms with van der Waals surface area (Å²) >= 11 is 0. The van der Waals surface area contributed by atoms with E-state index in [-0.39, 0.29) is 17.1 Å². The van der Waals surface area contributed by atoms with E-state index >= 15 is 0 Å². The predicted octanol–water partition coefficient (Wildman–Crippen LogP) is 3.10. The molecule has 0 atom stereocenters. The molecule has 7 nitrogen and oxygen atoms in total. The van der Waals surface area contributed by atoms with Crippen molar-refractivity contribution in [3.8, 4) is 0 Å². The summed E-state index contributed by atoms with van der Waals surface area (Å²) in [6.07, 6.45) is 2.85. The van der Waals surface area contributed by atoms with Gasteiger partial charge >= 0.3 is 5.97 Å². The molecule has 146 valence electrons. The van der Waals surface area contributed by atoms with Gasteiger partial charge in [0.05, 0.1) is 11.9 Å². The van der Waals surface area contributed by atoms with Crippen molar-refractivity contribution in [3.05, 3.63) is 47.7 Å². The summed E-state index contributed by atoms with van der Waals surface area (Å²) in [6, 6.07) is 3.11. The number of aromatic nitrogens is 1. The Hall–Kier alpha value is -2.75. The molecular formula is C17H19F2N3O4S. The zero-order valence-corrected chi connectivity index (χ0v) is 15.6. The van der Waals surface area contributed by atoms with E-state index in [0.717, 1.165) is 31.2 Å². The van der Waals surface area contributed by atoms with Crippen LogP contribution >= 0.6 is 0 Å². The average Bonchev–Trinajstić information content (AvgIpc) is 2.61. The molecule has 0 fully saturated rings. The normalized spacial score (nSPS) is 11.3. The molecule has 0 bridgehead atoms. The lowest BCUT2D eigenvalue weighted by Crippen LogP contribution is -2.23. The molecule has 0 spiro atoms. The molecule has 0 amide bonds. The van der Waals surface area contributed by atoms with Crippen LogP contribution < -0.4 is 9.62 Å². The number of hydrogen-bond donors (Lipinski definition) is 2. The number of rotatable bonds is 8. The molecule has 0 saturated heterocycles. The minimum Gasteiger partial charge on any atom is -0.478 e. The summed E-state index contributed by atoms with van der Waals surface area (Å²) in [6.45, 7) is 2.56. The van der Waals surface area contributed by atoms with Gasteiger partial charge < -0.3 is 10.0 Å². The lowest BCUT2D eigenvalue weighted by molar-refractivity contribution is 0.0697. The number of unbranched alkanes of at least 4 members (excludes halogenated alkanes) is 1. The first-order chi connectivity index (χ1) is 12.7. The van der Waals surface area contributed by atoms with Gasteiger partial charge in [0.15, 0.2) is 0 Å². The fourth-order valence-electron chi connectivity index (χ4n) is 2.37. The van der Waals surface area contributed by atoms with Crippen LogP contribution in [0.4, 0.5) is 20.3 Å². The van der Waals surface area contributed by atoms with Crippen LogP contribution in [0.15, 0.2) is 35.4 Å². The van der Waals surface area contributed by atoms with Crippen molar-refractivity contribution in [2.45, 2.75) is 24.7 Å². The molecule has 10 heteroatoms. The number of pyridine rings is 1. The summed E-state index contributed by atoms with van der Waals surface area (Å²) in [5, 5.41) is 9.41. The molecule has 1 aromatic heterocycles. The van der Waals surface area contributed by atoms with Crippen molar-refractivity contribution >= 4 is 27.5 Å². The van der Waals surface area contributed by atoms with Crippen LogP contribution in [-0.2, 0) is 10.0 Å². The molecule has 0 saturated carbocycles. The number of sulfonamides is 1. The van der Waals surface area contributed by atoms with Crippen molar-refractivity contribution < 1.29 is 27.1 Å². The number of carboxylic acid groups (broad SMARTS) is 1. The summed E-state index contributed by atoms with van der Waals surface area (Å²) in [5.41, 5.74) is -0.391. The van der Waals surface area contributed by atoms with Crippen LogP contribution in [0, 0.1) is 11.6 Å². The third-order valence-corrected chi connectivity index (χ3v) is 5.14. The maximum absolute atomic E-state index is 13.8. The van der Waals surface area contributed by atoms with Gasteiger partial charge in [-0.05, 0) is 30.7 Å². The van der Waals surface area contributed by atoms with E-state index in [1.54, 1.807) is 11.9 Å². The van der Waals surface area contributed by atoms with Crippen LogP contribution in [0.3, 0.4) is 0 Å². The summed E-state index contributed by atoms with van der Waals surface area (Å²) in [5.74, 6) is -3.17. The Kier molecular flexibility index (Phi) is 6.32. The lowest BCUT2D eigenvalue weighted by atomic mass is 10.2. The first kappa shape index (κ1) is 20.6. The van der Waals surface area contributed by atoms with Crippen LogP contribution in [0.1, 0.15) is 30.1 Å². The molecule has 0 radical (unpaired) electrons. The largest absolute Gasteiger partial charge is 0.478 e. The van der Waals surface area contributed by atoms with Gasteiger partial charge in [0.1, 0.15) is 27.9 Å². The van der Waals surface area contributed by atoms with Gasteiger partial charge in [0, 0.05) is 13.6 Å². The third kappa shape index (κ3) is 4.91. The standard InChI is InChI=1S/C17H19F2N3O4S/c1-3-4-7-22(2)16-13(17(23)24)9-12(10-20-16)21-27(25,26)15-8-11(18)5-6-14(15)19/h5-6,8-10,21H,3-4,7H2,1-2H3,(H,23,24). The number of nitrogens with zero attached hydrogens (tertiary/aromatic N) is 2. The fraction of sp³-hybridized carbons (Fsp3) is 0.294. The highest BCUT2D eigenvalue weighted by atomic mass is 32.2. The molecule has 1 heterocycles. The molecule has 0 aliphatic heterocycles. The van der Waals surface area contributed by atoms with Gasteiger partial charge in [-0.25, -0.2) is 27.0 Å².